The fourth-order valence-electron chi connectivity index (χ4n) is 10.2. The number of carbonyl (C=O) groups excluding carboxylic acids is 5. The number of nitrogens with one attached hydrogen (secondary N) is 2. The summed E-state index contributed by atoms with van der Waals surface area (Å²) in [5.41, 5.74) is 9.14. The minimum absolute atomic E-state index is 0.0824. The second kappa shape index (κ2) is 18.6. The van der Waals surface area contributed by atoms with Crippen molar-refractivity contribution in [3.63, 3.8) is 0 Å². The Kier molecular flexibility index (Phi) is 13.2. The molecule has 0 aliphatic carbocycles. The highest BCUT2D eigenvalue weighted by atomic mass is 32.1. The smallest absolute Gasteiger partial charge is 0.324 e. The molecule has 8 rings (SSSR count). The molecule has 3 saturated heterocycles. The van der Waals surface area contributed by atoms with Crippen molar-refractivity contribution in [2.75, 3.05) is 53.5 Å². The van der Waals surface area contributed by atoms with Crippen molar-refractivity contribution in [1.29, 1.82) is 0 Å². The predicted molar refractivity (Wildman–Crippen MR) is 252 cm³/mol. The van der Waals surface area contributed by atoms with E-state index in [1.807, 2.05) is 32.2 Å². The summed E-state index contributed by atoms with van der Waals surface area (Å²) in [6.45, 7) is 18.9. The van der Waals surface area contributed by atoms with Crippen LogP contribution in [-0.4, -0.2) is 136 Å². The third-order valence-corrected chi connectivity index (χ3v) is 14.5. The second-order valence-corrected chi connectivity index (χ2v) is 20.6. The summed E-state index contributed by atoms with van der Waals surface area (Å²) in [7, 11) is 3.30. The van der Waals surface area contributed by atoms with Gasteiger partial charge in [0.05, 0.1) is 34.8 Å². The number of hydrogen-bond acceptors (Lipinski definition) is 11. The number of urea groups is 1. The standard InChI is InChI=1S/C49H63N9O7S/c1-10-40(59)55-24-49(25-55)26-56(27-49)47(63)54(8)42(29(3)4)44(60)52-36-21-39-51-37(23-66-39)31-16-17-38-33(20-31)34(43(57(38)11-2)32-14-12-18-50-41(32)30(5)64-9)22-48(6,7)28-65-46(62)35-15-13-19-58(53-35)45(36)61/h10,12,14,16-18,20,23,29-30,35-36,42,53H,1,11,13,15,19,21-22,24-28H2,2-9H3,(H,52,60)/t30-,35-,36-,42?/m0/s1. The molecule has 7 heterocycles. The van der Waals surface area contributed by atoms with E-state index in [1.165, 1.54) is 27.3 Å². The molecule has 4 atom stereocenters. The monoisotopic (exact) mass is 921 g/mol. The third kappa shape index (κ3) is 8.96. The molecule has 4 aliphatic heterocycles. The Labute approximate surface area is 390 Å². The molecule has 4 aliphatic rings. The van der Waals surface area contributed by atoms with Crippen molar-refractivity contribution in [3.05, 3.63) is 70.8 Å². The number of ether oxygens (including phenoxy) is 2. The van der Waals surface area contributed by atoms with Crippen LogP contribution in [0.15, 0.2) is 54.6 Å². The molecule has 1 aromatic carbocycles. The van der Waals surface area contributed by atoms with Gasteiger partial charge in [-0.2, -0.15) is 0 Å². The van der Waals surface area contributed by atoms with Crippen LogP contribution in [-0.2, 0) is 48.0 Å². The van der Waals surface area contributed by atoms with Crippen LogP contribution < -0.4 is 10.7 Å². The molecule has 1 spiro atoms. The first-order valence-corrected chi connectivity index (χ1v) is 23.9. The first-order valence-electron chi connectivity index (χ1n) is 23.0. The van der Waals surface area contributed by atoms with Crippen molar-refractivity contribution >= 4 is 52.0 Å². The Morgan fingerprint density at radius 1 is 1.12 bits per heavy atom. The molecule has 352 valence electrons. The summed E-state index contributed by atoms with van der Waals surface area (Å²) < 4.78 is 14.2. The molecule has 3 fully saturated rings. The molecule has 0 saturated carbocycles. The lowest BCUT2D eigenvalue weighted by Crippen LogP contribution is -2.74. The van der Waals surface area contributed by atoms with E-state index >= 15 is 0 Å². The molecular formula is C49H63N9O7S. The Hall–Kier alpha value is -5.65. The number of fused-ring (bicyclic) bond motifs is 6. The number of aryl methyl sites for hydroxylation is 1. The maximum Gasteiger partial charge on any atom is 0.324 e. The van der Waals surface area contributed by atoms with Gasteiger partial charge in [0.2, 0.25) is 11.8 Å². The molecule has 6 bridgehead atoms. The number of aromatic nitrogens is 3. The molecule has 5 amide bonds. The first kappa shape index (κ1) is 46.9. The average Bonchev–Trinajstić information content (AvgIpc) is 3.87. The van der Waals surface area contributed by atoms with Crippen molar-refractivity contribution in [2.24, 2.45) is 16.7 Å². The minimum Gasteiger partial charge on any atom is -0.464 e. The van der Waals surface area contributed by atoms with Crippen LogP contribution in [0.25, 0.3) is 33.4 Å². The molecule has 4 aromatic rings. The number of methoxy groups -OCH3 is 1. The zero-order chi connectivity index (χ0) is 47.2. The highest BCUT2D eigenvalue weighted by Crippen LogP contribution is 2.43. The van der Waals surface area contributed by atoms with Gasteiger partial charge in [-0.25, -0.2) is 15.2 Å². The van der Waals surface area contributed by atoms with Gasteiger partial charge in [-0.1, -0.05) is 40.3 Å². The number of benzene rings is 1. The lowest BCUT2D eigenvalue weighted by Gasteiger charge is -2.60. The van der Waals surface area contributed by atoms with Crippen LogP contribution in [0.2, 0.25) is 0 Å². The van der Waals surface area contributed by atoms with E-state index in [0.29, 0.717) is 63.5 Å². The average molecular weight is 922 g/mol. The largest absolute Gasteiger partial charge is 0.464 e. The second-order valence-electron chi connectivity index (χ2n) is 19.6. The number of rotatable bonds is 9. The highest BCUT2D eigenvalue weighted by Gasteiger charge is 2.55. The van der Waals surface area contributed by atoms with Crippen molar-refractivity contribution in [3.8, 4) is 22.5 Å². The fourth-order valence-corrected chi connectivity index (χ4v) is 11.1. The predicted octanol–water partition coefficient (Wildman–Crippen LogP) is 5.61. The lowest BCUT2D eigenvalue weighted by atomic mass is 9.73. The molecule has 66 heavy (non-hydrogen) atoms. The van der Waals surface area contributed by atoms with Gasteiger partial charge < -0.3 is 34.1 Å². The molecule has 2 N–H and O–H groups in total. The maximum absolute atomic E-state index is 14.6. The number of cyclic esters (lactones) is 1. The number of hydrogen-bond donors (Lipinski definition) is 2. The SMILES string of the molecule is C=CC(=O)N1CC2(C1)CN(C(=O)N(C)C(C(=O)N[C@H]1Cc3nc(cs3)-c3ccc4c(c3)c(c(-c3cccnc3[C@H](C)OC)n4CC)CC(C)(C)COC(=O)[C@@H]3CCCN(N3)C1=O)C(C)C)C2. The van der Waals surface area contributed by atoms with Gasteiger partial charge in [0.15, 0.2) is 0 Å². The molecule has 16 nitrogen and oxygen atoms in total. The van der Waals surface area contributed by atoms with E-state index in [2.05, 4.69) is 66.9 Å². The van der Waals surface area contributed by atoms with E-state index in [1.54, 1.807) is 30.2 Å². The van der Waals surface area contributed by atoms with E-state index in [4.69, 9.17) is 19.4 Å². The van der Waals surface area contributed by atoms with Crippen LogP contribution in [0, 0.1) is 16.7 Å². The van der Waals surface area contributed by atoms with Crippen molar-refractivity contribution in [1.82, 2.24) is 45.0 Å². The minimum atomic E-state index is -1.07. The summed E-state index contributed by atoms with van der Waals surface area (Å²) in [5.74, 6) is -1.76. The van der Waals surface area contributed by atoms with E-state index < -0.39 is 41.3 Å². The molecule has 17 heteroatoms. The van der Waals surface area contributed by atoms with Gasteiger partial charge in [0.25, 0.3) is 5.91 Å². The van der Waals surface area contributed by atoms with Gasteiger partial charge >= 0.3 is 12.0 Å². The Morgan fingerprint density at radius 3 is 2.56 bits per heavy atom. The van der Waals surface area contributed by atoms with Gasteiger partial charge in [-0.15, -0.1) is 11.3 Å². The number of likely N-dealkylation sites (tertiary alicyclic amines) is 2. The summed E-state index contributed by atoms with van der Waals surface area (Å²) >= 11 is 1.41. The van der Waals surface area contributed by atoms with Crippen LogP contribution in [0.4, 0.5) is 4.79 Å². The summed E-state index contributed by atoms with van der Waals surface area (Å²) in [6.07, 6.45) is 4.51. The quantitative estimate of drug-likeness (QED) is 0.159. The Morgan fingerprint density at radius 2 is 1.86 bits per heavy atom. The number of carbonyl (C=O) groups is 5. The topological polar surface area (TPSA) is 172 Å². The van der Waals surface area contributed by atoms with E-state index in [9.17, 15) is 24.0 Å². The normalized spacial score (nSPS) is 21.4. The van der Waals surface area contributed by atoms with E-state index in [-0.39, 0.29) is 42.4 Å². The highest BCUT2D eigenvalue weighted by molar-refractivity contribution is 7.10. The van der Waals surface area contributed by atoms with Gasteiger partial charge in [-0.3, -0.25) is 29.2 Å². The van der Waals surface area contributed by atoms with Crippen molar-refractivity contribution < 1.29 is 33.4 Å². The zero-order valence-electron chi connectivity index (χ0n) is 39.4. The molecular weight excluding hydrogens is 859 g/mol. The maximum atomic E-state index is 14.6. The zero-order valence-corrected chi connectivity index (χ0v) is 40.2. The van der Waals surface area contributed by atoms with Crippen LogP contribution in [0.3, 0.4) is 0 Å². The number of likely N-dealkylation sites (N-methyl/N-ethyl adjacent to an activating group) is 1. The number of esters is 1. The van der Waals surface area contributed by atoms with Crippen LogP contribution in [0.5, 0.6) is 0 Å². The number of hydrazine groups is 1. The van der Waals surface area contributed by atoms with Crippen molar-refractivity contribution in [2.45, 2.75) is 98.0 Å². The number of nitrogens with zero attached hydrogens (tertiary/aromatic N) is 7. The first-order chi connectivity index (χ1) is 31.5. The van der Waals surface area contributed by atoms with Gasteiger partial charge in [-0.05, 0) is 74.9 Å². The lowest BCUT2D eigenvalue weighted by molar-refractivity contribution is -0.155. The van der Waals surface area contributed by atoms with Crippen LogP contribution in [0.1, 0.15) is 76.8 Å². The summed E-state index contributed by atoms with van der Waals surface area (Å²) in [6, 6.07) is 7.37. The van der Waals surface area contributed by atoms with Crippen LogP contribution >= 0.6 is 11.3 Å². The number of amides is 5. The molecule has 0 radical (unpaired) electrons. The summed E-state index contributed by atoms with van der Waals surface area (Å²) in [5, 5.41) is 8.13. The van der Waals surface area contributed by atoms with Gasteiger partial charge in [0, 0.05) is 104 Å². The summed E-state index contributed by atoms with van der Waals surface area (Å²) in [4.78, 5) is 83.6. The van der Waals surface area contributed by atoms with E-state index in [0.717, 1.165) is 44.7 Å². The van der Waals surface area contributed by atoms with Gasteiger partial charge in [0.1, 0.15) is 18.1 Å². The number of pyridine rings is 1. The third-order valence-electron chi connectivity index (χ3n) is 13.6. The Bertz CT molecular complexity index is 2540. The number of thiazole rings is 1. The Balaban J connectivity index is 1.12. The molecule has 1 unspecified atom stereocenters. The molecule has 3 aromatic heterocycles. The fraction of sp³-hybridized carbons (Fsp3) is 0.531.